The highest BCUT2D eigenvalue weighted by Gasteiger charge is 2.48. The Morgan fingerprint density at radius 3 is 2.33 bits per heavy atom. The number of benzene rings is 3. The van der Waals surface area contributed by atoms with Gasteiger partial charge in [-0.15, -0.1) is 5.10 Å². The number of ether oxygens (including phenoxy) is 2. The molecule has 45 heavy (non-hydrogen) atoms. The molecule has 6 rings (SSSR count). The second kappa shape index (κ2) is 12.0. The number of carbonyl (C=O) groups is 2. The highest BCUT2D eigenvalue weighted by atomic mass is 16.6. The number of aromatic nitrogens is 6. The van der Waals surface area contributed by atoms with Crippen LogP contribution in [0.4, 0.5) is 0 Å². The number of aromatic carboxylic acids is 1. The Morgan fingerprint density at radius 1 is 0.911 bits per heavy atom. The standard InChI is InChI=1S/C30H28N6O9/c1-2-44-30-31-20-9-5-8-19(28(40)41)21(20)35(30)14-15-10-12-16(13-11-15)17-6-3-4-7-18(17)26-32-33-34-36(26)27-24(39)22(37)23(38)25(45-27)29(42)43/h3-13,22-25,27,37-39H,2,14H2,1H3,(H,40,41)(H,42,43)/t22-,23-,24+,25-,27+/m0/s1. The van der Waals surface area contributed by atoms with Crippen molar-refractivity contribution in [1.82, 2.24) is 29.8 Å². The number of hydrogen-bond acceptors (Lipinski definition) is 11. The Morgan fingerprint density at radius 2 is 1.64 bits per heavy atom. The van der Waals surface area contributed by atoms with Crippen molar-refractivity contribution in [3.05, 3.63) is 77.9 Å². The Balaban J connectivity index is 1.34. The maximum atomic E-state index is 12.0. The molecule has 1 fully saturated rings. The van der Waals surface area contributed by atoms with Crippen molar-refractivity contribution in [3.63, 3.8) is 0 Å². The minimum atomic E-state index is -1.86. The minimum Gasteiger partial charge on any atom is -0.479 e. The maximum Gasteiger partial charge on any atom is 0.337 e. The van der Waals surface area contributed by atoms with Crippen LogP contribution in [0.25, 0.3) is 33.5 Å². The molecule has 0 aliphatic carbocycles. The number of imidazole rings is 1. The molecule has 5 aromatic rings. The van der Waals surface area contributed by atoms with Gasteiger partial charge in [0.1, 0.15) is 18.3 Å². The number of carboxylic acids is 2. The van der Waals surface area contributed by atoms with Crippen LogP contribution in [0.1, 0.15) is 29.1 Å². The zero-order chi connectivity index (χ0) is 31.8. The predicted molar refractivity (Wildman–Crippen MR) is 155 cm³/mol. The first-order valence-corrected chi connectivity index (χ1v) is 13.9. The van der Waals surface area contributed by atoms with E-state index in [1.54, 1.807) is 28.8 Å². The monoisotopic (exact) mass is 616 g/mol. The summed E-state index contributed by atoms with van der Waals surface area (Å²) in [5, 5.41) is 62.0. The van der Waals surface area contributed by atoms with E-state index in [1.165, 1.54) is 6.07 Å². The van der Waals surface area contributed by atoms with E-state index in [0.717, 1.165) is 15.8 Å². The quantitative estimate of drug-likeness (QED) is 0.159. The molecule has 15 heteroatoms. The zero-order valence-corrected chi connectivity index (χ0v) is 23.7. The lowest BCUT2D eigenvalue weighted by molar-refractivity contribution is -0.249. The predicted octanol–water partition coefficient (Wildman–Crippen LogP) is 1.57. The summed E-state index contributed by atoms with van der Waals surface area (Å²) in [6.07, 6.45) is -8.75. The van der Waals surface area contributed by atoms with Crippen LogP contribution in [-0.4, -0.2) is 98.3 Å². The maximum absolute atomic E-state index is 12.0. The van der Waals surface area contributed by atoms with Crippen LogP contribution < -0.4 is 4.74 Å². The van der Waals surface area contributed by atoms with Gasteiger partial charge in [0.2, 0.25) is 0 Å². The Kier molecular flexibility index (Phi) is 7.99. The normalized spacial score (nSPS) is 21.6. The SMILES string of the molecule is CCOc1nc2cccc(C(=O)O)c2n1Cc1ccc(-c2ccccc2-c2nnnn2[C@@H]2O[C@H](C(=O)O)[C@@H](O)[C@H](O)[C@H]2O)cc1. The van der Waals surface area contributed by atoms with Crippen molar-refractivity contribution in [2.45, 2.75) is 44.1 Å². The smallest absolute Gasteiger partial charge is 0.337 e. The number of nitrogens with zero attached hydrogens (tertiary/aromatic N) is 6. The van der Waals surface area contributed by atoms with Crippen LogP contribution in [0, 0.1) is 0 Å². The largest absolute Gasteiger partial charge is 0.479 e. The fourth-order valence-corrected chi connectivity index (χ4v) is 5.43. The van der Waals surface area contributed by atoms with E-state index in [-0.39, 0.29) is 17.9 Å². The summed E-state index contributed by atoms with van der Waals surface area (Å²) >= 11 is 0. The third-order valence-electron chi connectivity index (χ3n) is 7.57. The number of aliphatic hydroxyl groups excluding tert-OH is 3. The van der Waals surface area contributed by atoms with Crippen molar-refractivity contribution in [3.8, 4) is 28.5 Å². The molecular formula is C30H28N6O9. The number of tetrazole rings is 1. The van der Waals surface area contributed by atoms with Gasteiger partial charge in [-0.3, -0.25) is 4.57 Å². The molecule has 0 amide bonds. The lowest BCUT2D eigenvalue weighted by atomic mass is 9.96. The van der Waals surface area contributed by atoms with Crippen molar-refractivity contribution in [2.24, 2.45) is 0 Å². The van der Waals surface area contributed by atoms with Gasteiger partial charge in [-0.25, -0.2) is 9.59 Å². The molecule has 0 radical (unpaired) electrons. The first-order valence-electron chi connectivity index (χ1n) is 13.9. The first-order chi connectivity index (χ1) is 21.7. The van der Waals surface area contributed by atoms with E-state index >= 15 is 0 Å². The van der Waals surface area contributed by atoms with Crippen LogP contribution >= 0.6 is 0 Å². The van der Waals surface area contributed by atoms with E-state index in [2.05, 4.69) is 20.5 Å². The van der Waals surface area contributed by atoms with Crippen molar-refractivity contribution in [1.29, 1.82) is 0 Å². The molecular weight excluding hydrogens is 588 g/mol. The average Bonchev–Trinajstić information content (AvgIpc) is 3.65. The molecule has 15 nitrogen and oxygen atoms in total. The highest BCUT2D eigenvalue weighted by molar-refractivity contribution is 6.01. The summed E-state index contributed by atoms with van der Waals surface area (Å²) in [7, 11) is 0. The third kappa shape index (κ3) is 5.38. The number of aliphatic hydroxyl groups is 3. The van der Waals surface area contributed by atoms with Gasteiger partial charge < -0.3 is 35.0 Å². The van der Waals surface area contributed by atoms with Gasteiger partial charge in [-0.05, 0) is 46.2 Å². The van der Waals surface area contributed by atoms with Gasteiger partial charge in [0.15, 0.2) is 18.2 Å². The summed E-state index contributed by atoms with van der Waals surface area (Å²) in [5.74, 6) is -2.47. The van der Waals surface area contributed by atoms with Crippen LogP contribution in [0.5, 0.6) is 6.01 Å². The topological polar surface area (TPSA) is 215 Å². The summed E-state index contributed by atoms with van der Waals surface area (Å²) in [4.78, 5) is 28.1. The fraction of sp³-hybridized carbons (Fsp3) is 0.267. The van der Waals surface area contributed by atoms with E-state index in [1.807, 2.05) is 43.3 Å². The first kappa shape index (κ1) is 29.8. The summed E-state index contributed by atoms with van der Waals surface area (Å²) in [6, 6.07) is 19.8. The molecule has 0 bridgehead atoms. The lowest BCUT2D eigenvalue weighted by Gasteiger charge is -2.38. The number of rotatable bonds is 9. The number of aliphatic carboxylic acids is 1. The van der Waals surface area contributed by atoms with Gasteiger partial charge in [-0.2, -0.15) is 9.67 Å². The Hall–Kier alpha value is -5.22. The molecule has 3 heterocycles. The Labute approximate surface area is 254 Å². The number of hydrogen-bond donors (Lipinski definition) is 5. The van der Waals surface area contributed by atoms with Crippen LogP contribution in [0.15, 0.2) is 66.7 Å². The summed E-state index contributed by atoms with van der Waals surface area (Å²) in [6.45, 7) is 2.45. The lowest BCUT2D eigenvalue weighted by Crippen LogP contribution is -2.58. The number of para-hydroxylation sites is 1. The van der Waals surface area contributed by atoms with Gasteiger partial charge in [-0.1, -0.05) is 54.6 Å². The average molecular weight is 617 g/mol. The van der Waals surface area contributed by atoms with E-state index in [9.17, 15) is 35.1 Å². The zero-order valence-electron chi connectivity index (χ0n) is 23.7. The highest BCUT2D eigenvalue weighted by Crippen LogP contribution is 2.35. The van der Waals surface area contributed by atoms with Crippen molar-refractivity contribution < 1.29 is 44.6 Å². The van der Waals surface area contributed by atoms with Crippen LogP contribution in [-0.2, 0) is 16.1 Å². The molecule has 5 atom stereocenters. The van der Waals surface area contributed by atoms with E-state index < -0.39 is 42.6 Å². The van der Waals surface area contributed by atoms with E-state index in [0.29, 0.717) is 34.8 Å². The Bertz CT molecular complexity index is 1870. The van der Waals surface area contributed by atoms with Crippen molar-refractivity contribution in [2.75, 3.05) is 6.61 Å². The molecule has 232 valence electrons. The van der Waals surface area contributed by atoms with E-state index in [4.69, 9.17) is 9.47 Å². The molecule has 1 aliphatic heterocycles. The molecule has 5 N–H and O–H groups in total. The number of carboxylic acid groups (broad SMARTS) is 2. The van der Waals surface area contributed by atoms with Gasteiger partial charge in [0.05, 0.1) is 29.7 Å². The van der Waals surface area contributed by atoms with Gasteiger partial charge in [0.25, 0.3) is 6.01 Å². The van der Waals surface area contributed by atoms with Crippen molar-refractivity contribution >= 4 is 23.0 Å². The molecule has 1 saturated heterocycles. The van der Waals surface area contributed by atoms with Gasteiger partial charge in [0, 0.05) is 5.56 Å². The minimum absolute atomic E-state index is 0.109. The second-order valence-electron chi connectivity index (χ2n) is 10.3. The van der Waals surface area contributed by atoms with Crippen LogP contribution in [0.3, 0.4) is 0 Å². The summed E-state index contributed by atoms with van der Waals surface area (Å²) < 4.78 is 14.0. The molecule has 2 aromatic heterocycles. The molecule has 0 saturated carbocycles. The third-order valence-corrected chi connectivity index (χ3v) is 7.57. The van der Waals surface area contributed by atoms with Crippen LogP contribution in [0.2, 0.25) is 0 Å². The number of fused-ring (bicyclic) bond motifs is 1. The molecule has 0 unspecified atom stereocenters. The fourth-order valence-electron chi connectivity index (χ4n) is 5.43. The van der Waals surface area contributed by atoms with Gasteiger partial charge >= 0.3 is 11.9 Å². The molecule has 3 aromatic carbocycles. The molecule has 1 aliphatic rings. The second-order valence-corrected chi connectivity index (χ2v) is 10.3. The molecule has 0 spiro atoms. The summed E-state index contributed by atoms with van der Waals surface area (Å²) in [5.41, 5.74) is 3.88.